The zero-order valence-corrected chi connectivity index (χ0v) is 23.3. The van der Waals surface area contributed by atoms with Crippen LogP contribution in [0.25, 0.3) is 0 Å². The summed E-state index contributed by atoms with van der Waals surface area (Å²) in [6.07, 6.45) is 1.18. The Morgan fingerprint density at radius 2 is 1.69 bits per heavy atom. The summed E-state index contributed by atoms with van der Waals surface area (Å²) in [4.78, 5) is 28.4. The van der Waals surface area contributed by atoms with Gasteiger partial charge in [0, 0.05) is 28.5 Å². The van der Waals surface area contributed by atoms with Crippen LogP contribution in [0.1, 0.15) is 24.5 Å². The predicted octanol–water partition coefficient (Wildman–Crippen LogP) is 6.41. The summed E-state index contributed by atoms with van der Waals surface area (Å²) in [7, 11) is 0. The molecule has 3 aromatic carbocycles. The maximum atomic E-state index is 13.6. The minimum atomic E-state index is -0.709. The number of rotatable bonds is 11. The van der Waals surface area contributed by atoms with Crippen molar-refractivity contribution in [2.45, 2.75) is 32.4 Å². The van der Waals surface area contributed by atoms with E-state index in [2.05, 4.69) is 37.2 Å². The van der Waals surface area contributed by atoms with Crippen molar-refractivity contribution in [3.8, 4) is 5.75 Å². The second-order valence-corrected chi connectivity index (χ2v) is 10.3. The third-order valence-corrected chi connectivity index (χ3v) is 6.59. The molecule has 0 aliphatic carbocycles. The Balaban J connectivity index is 1.90. The average molecular weight is 623 g/mol. The summed E-state index contributed by atoms with van der Waals surface area (Å²) in [5, 5.41) is 3.36. The zero-order valence-electron chi connectivity index (χ0n) is 19.3. The van der Waals surface area contributed by atoms with Gasteiger partial charge in [-0.15, -0.1) is 0 Å². The summed E-state index contributed by atoms with van der Waals surface area (Å²) in [6, 6.07) is 21.9. The number of halogens is 3. The molecule has 0 bridgehead atoms. The fourth-order valence-corrected chi connectivity index (χ4v) is 4.74. The lowest BCUT2D eigenvalue weighted by Gasteiger charge is -2.31. The molecule has 3 rings (SSSR count). The highest BCUT2D eigenvalue weighted by atomic mass is 79.9. The Labute approximate surface area is 228 Å². The number of amides is 2. The van der Waals surface area contributed by atoms with E-state index in [9.17, 15) is 9.59 Å². The molecule has 5 nitrogen and oxygen atoms in total. The first kappa shape index (κ1) is 27.2. The molecule has 0 fully saturated rings. The molecular formula is C27H27Br2ClN2O3. The van der Waals surface area contributed by atoms with Gasteiger partial charge in [-0.1, -0.05) is 92.8 Å². The van der Waals surface area contributed by atoms with Gasteiger partial charge in [-0.25, -0.2) is 0 Å². The SMILES string of the molecule is CCCNC(=O)[C@@H](Cc1ccccc1)N(Cc1cccc(Br)c1)C(=O)COc1ccc(Br)cc1Cl. The van der Waals surface area contributed by atoms with Gasteiger partial charge < -0.3 is 15.0 Å². The number of nitrogens with one attached hydrogen (secondary N) is 1. The Morgan fingerprint density at radius 1 is 0.971 bits per heavy atom. The van der Waals surface area contributed by atoms with E-state index >= 15 is 0 Å². The van der Waals surface area contributed by atoms with E-state index in [1.54, 1.807) is 23.1 Å². The van der Waals surface area contributed by atoms with Crippen molar-refractivity contribution in [2.75, 3.05) is 13.2 Å². The molecule has 8 heteroatoms. The molecule has 0 spiro atoms. The topological polar surface area (TPSA) is 58.6 Å². The lowest BCUT2D eigenvalue weighted by molar-refractivity contribution is -0.142. The van der Waals surface area contributed by atoms with Gasteiger partial charge in [0.25, 0.3) is 5.91 Å². The van der Waals surface area contributed by atoms with E-state index in [4.69, 9.17) is 16.3 Å². The summed E-state index contributed by atoms with van der Waals surface area (Å²) < 4.78 is 7.48. The van der Waals surface area contributed by atoms with Gasteiger partial charge in [-0.2, -0.15) is 0 Å². The number of benzene rings is 3. The van der Waals surface area contributed by atoms with Crippen LogP contribution in [0.4, 0.5) is 0 Å². The molecule has 0 saturated heterocycles. The summed E-state index contributed by atoms with van der Waals surface area (Å²) >= 11 is 13.1. The van der Waals surface area contributed by atoms with E-state index in [-0.39, 0.29) is 25.0 Å². The van der Waals surface area contributed by atoms with Gasteiger partial charge in [0.05, 0.1) is 5.02 Å². The first-order chi connectivity index (χ1) is 16.9. The van der Waals surface area contributed by atoms with Crippen molar-refractivity contribution in [1.82, 2.24) is 10.2 Å². The largest absolute Gasteiger partial charge is 0.482 e. The highest BCUT2D eigenvalue weighted by Crippen LogP contribution is 2.28. The monoisotopic (exact) mass is 620 g/mol. The second kappa shape index (κ2) is 13.7. The Hall–Kier alpha value is -2.35. The van der Waals surface area contributed by atoms with Crippen LogP contribution < -0.4 is 10.1 Å². The smallest absolute Gasteiger partial charge is 0.261 e. The number of ether oxygens (including phenoxy) is 1. The van der Waals surface area contributed by atoms with Gasteiger partial charge in [-0.3, -0.25) is 9.59 Å². The van der Waals surface area contributed by atoms with E-state index < -0.39 is 6.04 Å². The van der Waals surface area contributed by atoms with E-state index in [0.717, 1.165) is 26.5 Å². The van der Waals surface area contributed by atoms with Crippen molar-refractivity contribution in [3.63, 3.8) is 0 Å². The highest BCUT2D eigenvalue weighted by Gasteiger charge is 2.30. The summed E-state index contributed by atoms with van der Waals surface area (Å²) in [5.74, 6) is -0.0991. The molecule has 2 amide bonds. The van der Waals surface area contributed by atoms with Crippen LogP contribution >= 0.6 is 43.5 Å². The van der Waals surface area contributed by atoms with Crippen molar-refractivity contribution >= 4 is 55.3 Å². The zero-order chi connectivity index (χ0) is 25.2. The number of hydrogen-bond acceptors (Lipinski definition) is 3. The van der Waals surface area contributed by atoms with Crippen molar-refractivity contribution < 1.29 is 14.3 Å². The lowest BCUT2D eigenvalue weighted by atomic mass is 10.0. The summed E-state index contributed by atoms with van der Waals surface area (Å²) in [5.41, 5.74) is 1.86. The first-order valence-electron chi connectivity index (χ1n) is 11.3. The molecule has 0 radical (unpaired) electrons. The molecule has 0 heterocycles. The number of carbonyl (C=O) groups excluding carboxylic acids is 2. The molecule has 0 aromatic heterocycles. The average Bonchev–Trinajstić information content (AvgIpc) is 2.84. The Kier molecular flexibility index (Phi) is 10.6. The molecule has 35 heavy (non-hydrogen) atoms. The molecule has 184 valence electrons. The third-order valence-electron chi connectivity index (χ3n) is 5.31. The predicted molar refractivity (Wildman–Crippen MR) is 147 cm³/mol. The van der Waals surface area contributed by atoms with Gasteiger partial charge in [-0.05, 0) is 47.9 Å². The molecule has 1 atom stereocenters. The normalized spacial score (nSPS) is 11.5. The molecular weight excluding hydrogens is 596 g/mol. The first-order valence-corrected chi connectivity index (χ1v) is 13.3. The van der Waals surface area contributed by atoms with E-state index in [1.165, 1.54) is 0 Å². The lowest BCUT2D eigenvalue weighted by Crippen LogP contribution is -2.51. The minimum Gasteiger partial charge on any atom is -0.482 e. The third kappa shape index (κ3) is 8.37. The van der Waals surface area contributed by atoms with Gasteiger partial charge in [0.1, 0.15) is 11.8 Å². The molecule has 1 N–H and O–H groups in total. The van der Waals surface area contributed by atoms with Crippen LogP contribution in [0, 0.1) is 0 Å². The fourth-order valence-electron chi connectivity index (χ4n) is 3.57. The van der Waals surface area contributed by atoms with Crippen molar-refractivity contribution in [2.24, 2.45) is 0 Å². The molecule has 0 aliphatic rings. The molecule has 3 aromatic rings. The van der Waals surface area contributed by atoms with Crippen LogP contribution in [-0.2, 0) is 22.6 Å². The van der Waals surface area contributed by atoms with Crippen LogP contribution in [0.3, 0.4) is 0 Å². The van der Waals surface area contributed by atoms with Gasteiger partial charge in [0.2, 0.25) is 5.91 Å². The van der Waals surface area contributed by atoms with Crippen LogP contribution in [0.2, 0.25) is 5.02 Å². The van der Waals surface area contributed by atoms with E-state index in [0.29, 0.717) is 23.7 Å². The van der Waals surface area contributed by atoms with Crippen LogP contribution in [0.5, 0.6) is 5.75 Å². The maximum Gasteiger partial charge on any atom is 0.261 e. The quantitative estimate of drug-likeness (QED) is 0.269. The number of nitrogens with zero attached hydrogens (tertiary/aromatic N) is 1. The Bertz CT molecular complexity index is 1140. The number of hydrogen-bond donors (Lipinski definition) is 1. The van der Waals surface area contributed by atoms with Gasteiger partial charge in [0.15, 0.2) is 6.61 Å². The maximum absolute atomic E-state index is 13.6. The second-order valence-electron chi connectivity index (χ2n) is 8.01. The Morgan fingerprint density at radius 3 is 2.37 bits per heavy atom. The molecule has 0 saturated carbocycles. The van der Waals surface area contributed by atoms with Crippen LogP contribution in [-0.4, -0.2) is 35.9 Å². The van der Waals surface area contributed by atoms with Crippen molar-refractivity contribution in [3.05, 3.63) is 97.9 Å². The van der Waals surface area contributed by atoms with Gasteiger partial charge >= 0.3 is 0 Å². The standard InChI is InChI=1S/C27H27Br2ClN2O3/c1-2-13-31-27(34)24(15-19-7-4-3-5-8-19)32(17-20-9-6-10-21(28)14-20)26(33)18-35-25-12-11-22(29)16-23(25)30/h3-12,14,16,24H,2,13,15,17-18H2,1H3,(H,31,34)/t24-/m1/s1. The van der Waals surface area contributed by atoms with Crippen LogP contribution in [0.15, 0.2) is 81.7 Å². The fraction of sp³-hybridized carbons (Fsp3) is 0.259. The van der Waals surface area contributed by atoms with Crippen molar-refractivity contribution in [1.29, 1.82) is 0 Å². The van der Waals surface area contributed by atoms with E-state index in [1.807, 2.05) is 61.5 Å². The number of carbonyl (C=O) groups is 2. The minimum absolute atomic E-state index is 0.194. The highest BCUT2D eigenvalue weighted by molar-refractivity contribution is 9.10. The molecule has 0 aliphatic heterocycles. The summed E-state index contributed by atoms with van der Waals surface area (Å²) in [6.45, 7) is 2.54. The molecule has 0 unspecified atom stereocenters.